The first kappa shape index (κ1) is 19.9. The van der Waals surface area contributed by atoms with E-state index in [1.54, 1.807) is 15.6 Å². The van der Waals surface area contributed by atoms with Crippen LogP contribution in [0, 0.1) is 6.92 Å². The molecule has 3 heterocycles. The first-order chi connectivity index (χ1) is 14.2. The van der Waals surface area contributed by atoms with Crippen molar-refractivity contribution in [3.05, 3.63) is 65.1 Å². The molecule has 0 saturated heterocycles. The summed E-state index contributed by atoms with van der Waals surface area (Å²) in [7, 11) is 1.86. The van der Waals surface area contributed by atoms with Crippen molar-refractivity contribution in [1.82, 2.24) is 19.7 Å². The summed E-state index contributed by atoms with van der Waals surface area (Å²) in [6.07, 6.45) is -1.20. The van der Waals surface area contributed by atoms with Crippen LogP contribution in [0.25, 0.3) is 11.1 Å². The second kappa shape index (κ2) is 7.47. The summed E-state index contributed by atoms with van der Waals surface area (Å²) < 4.78 is 44.0. The van der Waals surface area contributed by atoms with Crippen LogP contribution in [0.15, 0.2) is 42.7 Å². The molecule has 0 radical (unpaired) electrons. The Kier molecular flexibility index (Phi) is 4.97. The van der Waals surface area contributed by atoms with E-state index < -0.39 is 12.8 Å². The summed E-state index contributed by atoms with van der Waals surface area (Å²) >= 11 is 0. The topological polar surface area (TPSA) is 60.3 Å². The van der Waals surface area contributed by atoms with Crippen molar-refractivity contribution in [2.75, 3.05) is 6.61 Å². The van der Waals surface area contributed by atoms with Crippen LogP contribution in [0.5, 0.6) is 5.88 Å². The Morgan fingerprint density at radius 1 is 1.17 bits per heavy atom. The van der Waals surface area contributed by atoms with Crippen LogP contribution in [0.4, 0.5) is 13.2 Å². The van der Waals surface area contributed by atoms with Gasteiger partial charge in [0.15, 0.2) is 6.61 Å². The SMILES string of the molecule is Cc1nn(C)cc1-c1ccc(CN2Cc3ccnc(OCC(F)(F)F)c3C2=O)cc1. The van der Waals surface area contributed by atoms with E-state index >= 15 is 0 Å². The Morgan fingerprint density at radius 2 is 1.90 bits per heavy atom. The molecule has 1 aromatic carbocycles. The molecule has 1 aliphatic rings. The maximum Gasteiger partial charge on any atom is 0.422 e. The second-order valence-electron chi connectivity index (χ2n) is 7.21. The molecule has 9 heteroatoms. The van der Waals surface area contributed by atoms with Gasteiger partial charge in [-0.15, -0.1) is 0 Å². The number of benzene rings is 1. The number of carbonyl (C=O) groups is 1. The molecule has 0 fully saturated rings. The summed E-state index contributed by atoms with van der Waals surface area (Å²) in [4.78, 5) is 18.2. The molecular weight excluding hydrogens is 397 g/mol. The zero-order valence-corrected chi connectivity index (χ0v) is 16.4. The molecule has 1 aliphatic heterocycles. The summed E-state index contributed by atoms with van der Waals surface area (Å²) in [5.74, 6) is -0.665. The summed E-state index contributed by atoms with van der Waals surface area (Å²) in [6.45, 7) is 1.08. The minimum atomic E-state index is -4.50. The monoisotopic (exact) mass is 416 g/mol. The lowest BCUT2D eigenvalue weighted by Gasteiger charge is -2.16. The van der Waals surface area contributed by atoms with Gasteiger partial charge in [0.25, 0.3) is 5.91 Å². The highest BCUT2D eigenvalue weighted by Gasteiger charge is 2.34. The zero-order chi connectivity index (χ0) is 21.5. The lowest BCUT2D eigenvalue weighted by Crippen LogP contribution is -2.24. The third-order valence-electron chi connectivity index (χ3n) is 4.89. The van der Waals surface area contributed by atoms with Crippen molar-refractivity contribution in [2.45, 2.75) is 26.2 Å². The maximum atomic E-state index is 12.8. The van der Waals surface area contributed by atoms with Crippen LogP contribution in [0.2, 0.25) is 0 Å². The molecule has 6 nitrogen and oxygen atoms in total. The Morgan fingerprint density at radius 3 is 2.53 bits per heavy atom. The summed E-state index contributed by atoms with van der Waals surface area (Å²) in [5.41, 5.74) is 4.60. The molecule has 0 atom stereocenters. The Labute approximate surface area is 170 Å². The molecule has 3 aromatic rings. The van der Waals surface area contributed by atoms with Crippen molar-refractivity contribution >= 4 is 5.91 Å². The zero-order valence-electron chi connectivity index (χ0n) is 16.4. The predicted octanol–water partition coefficient (Wildman–Crippen LogP) is 3.89. The van der Waals surface area contributed by atoms with Crippen LogP contribution in [-0.2, 0) is 20.1 Å². The highest BCUT2D eigenvalue weighted by molar-refractivity contribution is 6.00. The number of amides is 1. The standard InChI is InChI=1S/C21H19F3N4O2/c1-13-17(11-27(2)26-13)15-5-3-14(4-6-15)9-28-10-16-7-8-25-19(18(16)20(28)29)30-12-21(22,23)24/h3-8,11H,9-10,12H2,1-2H3. The summed E-state index contributed by atoms with van der Waals surface area (Å²) in [5, 5.41) is 4.34. The van der Waals surface area contributed by atoms with Gasteiger partial charge in [-0.3, -0.25) is 9.48 Å². The molecule has 0 spiro atoms. The normalized spacial score (nSPS) is 13.6. The number of pyridine rings is 1. The fraction of sp³-hybridized carbons (Fsp3) is 0.286. The minimum absolute atomic E-state index is 0.101. The third kappa shape index (κ3) is 4.00. The smallest absolute Gasteiger partial charge is 0.422 e. The number of alkyl halides is 3. The van der Waals surface area contributed by atoms with E-state index in [2.05, 4.69) is 10.1 Å². The highest BCUT2D eigenvalue weighted by Crippen LogP contribution is 2.31. The molecule has 156 valence electrons. The number of nitrogens with zero attached hydrogens (tertiary/aromatic N) is 4. The van der Waals surface area contributed by atoms with Crippen LogP contribution in [-0.4, -0.2) is 38.4 Å². The number of fused-ring (bicyclic) bond motifs is 1. The maximum absolute atomic E-state index is 12.8. The van der Waals surface area contributed by atoms with Crippen molar-refractivity contribution in [2.24, 2.45) is 7.05 Å². The van der Waals surface area contributed by atoms with E-state index in [9.17, 15) is 18.0 Å². The lowest BCUT2D eigenvalue weighted by atomic mass is 10.0. The molecule has 0 aliphatic carbocycles. The lowest BCUT2D eigenvalue weighted by molar-refractivity contribution is -0.154. The molecule has 0 unspecified atom stereocenters. The highest BCUT2D eigenvalue weighted by atomic mass is 19.4. The number of hydrogen-bond donors (Lipinski definition) is 0. The van der Waals surface area contributed by atoms with Gasteiger partial charge >= 0.3 is 6.18 Å². The van der Waals surface area contributed by atoms with Gasteiger partial charge in [0, 0.05) is 38.1 Å². The summed E-state index contributed by atoms with van der Waals surface area (Å²) in [6, 6.07) is 9.41. The van der Waals surface area contributed by atoms with Gasteiger partial charge in [0.1, 0.15) is 5.56 Å². The van der Waals surface area contributed by atoms with Crippen LogP contribution < -0.4 is 4.74 Å². The molecule has 0 bridgehead atoms. The molecule has 4 rings (SSSR count). The number of ether oxygens (including phenoxy) is 1. The number of rotatable bonds is 5. The molecule has 30 heavy (non-hydrogen) atoms. The average molecular weight is 416 g/mol. The number of hydrogen-bond acceptors (Lipinski definition) is 4. The van der Waals surface area contributed by atoms with Crippen LogP contribution in [0.3, 0.4) is 0 Å². The first-order valence-electron chi connectivity index (χ1n) is 9.27. The molecule has 1 amide bonds. The Balaban J connectivity index is 1.49. The van der Waals surface area contributed by atoms with Crippen molar-refractivity contribution in [1.29, 1.82) is 0 Å². The number of halogens is 3. The van der Waals surface area contributed by atoms with E-state index in [0.717, 1.165) is 22.4 Å². The van der Waals surface area contributed by atoms with E-state index in [1.165, 1.54) is 6.20 Å². The van der Waals surface area contributed by atoms with Gasteiger partial charge < -0.3 is 9.64 Å². The number of aryl methyl sites for hydroxylation is 2. The molecule has 2 aromatic heterocycles. The Hall–Kier alpha value is -3.36. The fourth-order valence-electron chi connectivity index (χ4n) is 3.56. The van der Waals surface area contributed by atoms with Gasteiger partial charge in [-0.1, -0.05) is 24.3 Å². The van der Waals surface area contributed by atoms with Crippen molar-refractivity contribution in [3.8, 4) is 17.0 Å². The van der Waals surface area contributed by atoms with E-state index in [-0.39, 0.29) is 17.4 Å². The van der Waals surface area contributed by atoms with Gasteiger partial charge in [-0.25, -0.2) is 4.98 Å². The molecule has 0 saturated carbocycles. The number of carbonyl (C=O) groups excluding carboxylic acids is 1. The van der Waals surface area contributed by atoms with Gasteiger partial charge in [0.2, 0.25) is 5.88 Å². The molecule has 0 N–H and O–H groups in total. The van der Waals surface area contributed by atoms with Crippen molar-refractivity contribution < 1.29 is 22.7 Å². The molecular formula is C21H19F3N4O2. The van der Waals surface area contributed by atoms with Crippen molar-refractivity contribution in [3.63, 3.8) is 0 Å². The fourth-order valence-corrected chi connectivity index (χ4v) is 3.56. The van der Waals surface area contributed by atoms with Crippen LogP contribution in [0.1, 0.15) is 27.2 Å². The minimum Gasteiger partial charge on any atom is -0.467 e. The Bertz CT molecular complexity index is 1090. The predicted molar refractivity (Wildman–Crippen MR) is 103 cm³/mol. The van der Waals surface area contributed by atoms with E-state index in [1.807, 2.05) is 44.4 Å². The van der Waals surface area contributed by atoms with Gasteiger partial charge in [-0.2, -0.15) is 18.3 Å². The first-order valence-corrected chi connectivity index (χ1v) is 9.27. The third-order valence-corrected chi connectivity index (χ3v) is 4.89. The quantitative estimate of drug-likeness (QED) is 0.633. The van der Waals surface area contributed by atoms with E-state index in [0.29, 0.717) is 18.7 Å². The number of aromatic nitrogens is 3. The van der Waals surface area contributed by atoms with E-state index in [4.69, 9.17) is 4.74 Å². The van der Waals surface area contributed by atoms with Gasteiger partial charge in [-0.05, 0) is 29.7 Å². The van der Waals surface area contributed by atoms with Crippen LogP contribution >= 0.6 is 0 Å². The van der Waals surface area contributed by atoms with Gasteiger partial charge in [0.05, 0.1) is 5.69 Å². The average Bonchev–Trinajstić information content (AvgIpc) is 3.19. The second-order valence-corrected chi connectivity index (χ2v) is 7.21. The largest absolute Gasteiger partial charge is 0.467 e.